The Balaban J connectivity index is 2.40. The molecular formula is C22H30N2O4. The highest BCUT2D eigenvalue weighted by Crippen LogP contribution is 2.35. The molecule has 0 aliphatic carbocycles. The van der Waals surface area contributed by atoms with E-state index in [1.54, 1.807) is 6.20 Å². The number of carbonyl (C=O) groups excluding carboxylic acids is 1. The first-order valence-corrected chi connectivity index (χ1v) is 9.67. The minimum atomic E-state index is -0.409. The number of carbonyl (C=O) groups is 1. The molecule has 1 aromatic heterocycles. The summed E-state index contributed by atoms with van der Waals surface area (Å²) < 4.78 is 16.3. The lowest BCUT2D eigenvalue weighted by molar-refractivity contribution is 0.0601. The second-order valence-corrected chi connectivity index (χ2v) is 6.55. The van der Waals surface area contributed by atoms with Crippen LogP contribution in [0.1, 0.15) is 49.5 Å². The van der Waals surface area contributed by atoms with Crippen LogP contribution in [-0.4, -0.2) is 44.4 Å². The largest absolute Gasteiger partial charge is 0.491 e. The van der Waals surface area contributed by atoms with Gasteiger partial charge in [0.2, 0.25) is 0 Å². The van der Waals surface area contributed by atoms with Crippen molar-refractivity contribution >= 4 is 17.3 Å². The summed E-state index contributed by atoms with van der Waals surface area (Å²) in [6.45, 7) is 10.7. The van der Waals surface area contributed by atoms with Gasteiger partial charge in [-0.1, -0.05) is 19.9 Å². The first-order valence-electron chi connectivity index (χ1n) is 9.67. The molecular weight excluding hydrogens is 356 g/mol. The Hall–Kier alpha value is -2.60. The maximum absolute atomic E-state index is 12.2. The molecule has 0 saturated carbocycles. The molecule has 6 heteroatoms. The average molecular weight is 386 g/mol. The van der Waals surface area contributed by atoms with E-state index in [9.17, 15) is 4.79 Å². The number of benzene rings is 1. The Morgan fingerprint density at radius 3 is 2.61 bits per heavy atom. The molecule has 2 aromatic rings. The number of anilines is 2. The number of esters is 1. The van der Waals surface area contributed by atoms with Gasteiger partial charge in [-0.05, 0) is 37.5 Å². The molecule has 0 N–H and O–H groups in total. The van der Waals surface area contributed by atoms with Crippen molar-refractivity contribution in [2.24, 2.45) is 0 Å². The fourth-order valence-electron chi connectivity index (χ4n) is 3.03. The molecule has 6 nitrogen and oxygen atoms in total. The molecule has 0 unspecified atom stereocenters. The highest BCUT2D eigenvalue weighted by Gasteiger charge is 2.19. The van der Waals surface area contributed by atoms with Crippen molar-refractivity contribution in [1.82, 2.24) is 4.98 Å². The van der Waals surface area contributed by atoms with Crippen molar-refractivity contribution in [2.45, 2.75) is 33.6 Å². The van der Waals surface area contributed by atoms with E-state index in [0.717, 1.165) is 22.7 Å². The number of rotatable bonds is 10. The third-order valence-electron chi connectivity index (χ3n) is 4.43. The van der Waals surface area contributed by atoms with E-state index >= 15 is 0 Å². The van der Waals surface area contributed by atoms with E-state index in [2.05, 4.69) is 31.0 Å². The van der Waals surface area contributed by atoms with Crippen LogP contribution in [0.15, 0.2) is 36.7 Å². The molecule has 152 valence electrons. The van der Waals surface area contributed by atoms with Crippen LogP contribution >= 0.6 is 0 Å². The molecule has 28 heavy (non-hydrogen) atoms. The van der Waals surface area contributed by atoms with Gasteiger partial charge in [0.1, 0.15) is 17.9 Å². The molecule has 0 fully saturated rings. The van der Waals surface area contributed by atoms with Gasteiger partial charge in [0.15, 0.2) is 0 Å². The van der Waals surface area contributed by atoms with Crippen LogP contribution in [0.4, 0.5) is 11.4 Å². The van der Waals surface area contributed by atoms with Crippen LogP contribution in [0.25, 0.3) is 0 Å². The third-order valence-corrected chi connectivity index (χ3v) is 4.43. The topological polar surface area (TPSA) is 60.9 Å². The van der Waals surface area contributed by atoms with E-state index < -0.39 is 5.97 Å². The lowest BCUT2D eigenvalue weighted by Crippen LogP contribution is -2.20. The van der Waals surface area contributed by atoms with Crippen LogP contribution in [0, 0.1) is 0 Å². The zero-order valence-corrected chi connectivity index (χ0v) is 17.4. The zero-order valence-electron chi connectivity index (χ0n) is 17.4. The van der Waals surface area contributed by atoms with Gasteiger partial charge in [0.05, 0.1) is 19.4 Å². The Morgan fingerprint density at radius 2 is 1.96 bits per heavy atom. The maximum Gasteiger partial charge on any atom is 0.341 e. The minimum absolute atomic E-state index is 0.331. The number of ether oxygens (including phenoxy) is 3. The number of aromatic nitrogens is 1. The Labute approximate surface area is 167 Å². The van der Waals surface area contributed by atoms with Gasteiger partial charge < -0.3 is 19.1 Å². The van der Waals surface area contributed by atoms with Crippen LogP contribution in [0.2, 0.25) is 0 Å². The van der Waals surface area contributed by atoms with Crippen molar-refractivity contribution in [3.8, 4) is 5.75 Å². The van der Waals surface area contributed by atoms with Crippen LogP contribution in [0.3, 0.4) is 0 Å². The van der Waals surface area contributed by atoms with Gasteiger partial charge >= 0.3 is 5.97 Å². The van der Waals surface area contributed by atoms with Gasteiger partial charge in [-0.15, -0.1) is 0 Å². The van der Waals surface area contributed by atoms with E-state index in [0.29, 0.717) is 37.8 Å². The Morgan fingerprint density at radius 1 is 1.18 bits per heavy atom. The van der Waals surface area contributed by atoms with Gasteiger partial charge in [-0.25, -0.2) is 4.79 Å². The summed E-state index contributed by atoms with van der Waals surface area (Å²) in [7, 11) is 1.37. The first-order chi connectivity index (χ1) is 13.5. The van der Waals surface area contributed by atoms with Crippen LogP contribution < -0.4 is 9.64 Å². The van der Waals surface area contributed by atoms with Gasteiger partial charge in [-0.2, -0.15) is 0 Å². The van der Waals surface area contributed by atoms with E-state index in [1.807, 2.05) is 30.9 Å². The highest BCUT2D eigenvalue weighted by atomic mass is 16.5. The lowest BCUT2D eigenvalue weighted by atomic mass is 10.0. The van der Waals surface area contributed by atoms with Crippen molar-refractivity contribution in [3.05, 3.63) is 47.8 Å². The molecule has 0 saturated heterocycles. The summed E-state index contributed by atoms with van der Waals surface area (Å²) >= 11 is 0. The predicted octanol–water partition coefficient (Wildman–Crippen LogP) is 4.56. The molecule has 1 heterocycles. The first kappa shape index (κ1) is 21.7. The predicted molar refractivity (Wildman–Crippen MR) is 111 cm³/mol. The fraction of sp³-hybridized carbons (Fsp3) is 0.455. The fourth-order valence-corrected chi connectivity index (χ4v) is 3.03. The smallest absolute Gasteiger partial charge is 0.341 e. The van der Waals surface area contributed by atoms with Crippen molar-refractivity contribution in [3.63, 3.8) is 0 Å². The summed E-state index contributed by atoms with van der Waals surface area (Å²) in [6.07, 6.45) is 3.21. The lowest BCUT2D eigenvalue weighted by Gasteiger charge is -2.26. The summed E-state index contributed by atoms with van der Waals surface area (Å²) in [6, 6.07) is 7.97. The van der Waals surface area contributed by atoms with E-state index in [1.165, 1.54) is 13.3 Å². The highest BCUT2D eigenvalue weighted by molar-refractivity contribution is 5.96. The zero-order chi connectivity index (χ0) is 20.5. The summed E-state index contributed by atoms with van der Waals surface area (Å²) in [5.41, 5.74) is 3.26. The van der Waals surface area contributed by atoms with E-state index in [4.69, 9.17) is 14.2 Å². The Kier molecular flexibility index (Phi) is 8.26. The number of hydrogen-bond donors (Lipinski definition) is 0. The van der Waals surface area contributed by atoms with Crippen molar-refractivity contribution < 1.29 is 19.0 Å². The molecule has 0 atom stereocenters. The molecule has 0 aliphatic heterocycles. The van der Waals surface area contributed by atoms with E-state index in [-0.39, 0.29) is 0 Å². The van der Waals surface area contributed by atoms with Gasteiger partial charge in [-0.3, -0.25) is 4.98 Å². The minimum Gasteiger partial charge on any atom is -0.491 e. The van der Waals surface area contributed by atoms with Crippen molar-refractivity contribution in [2.75, 3.05) is 38.4 Å². The van der Waals surface area contributed by atoms with Crippen LogP contribution in [-0.2, 0) is 9.47 Å². The molecule has 0 amide bonds. The quantitative estimate of drug-likeness (QED) is 0.440. The summed E-state index contributed by atoms with van der Waals surface area (Å²) in [5, 5.41) is 0. The molecule has 0 aliphatic rings. The van der Waals surface area contributed by atoms with Gasteiger partial charge in [0, 0.05) is 37.3 Å². The maximum atomic E-state index is 12.2. The SMILES string of the molecule is CCOCCOc1cc(N(CC)c2ccncc2C(=O)OC)ccc1C(C)C. The van der Waals surface area contributed by atoms with Crippen LogP contribution in [0.5, 0.6) is 5.75 Å². The summed E-state index contributed by atoms with van der Waals surface area (Å²) in [4.78, 5) is 18.3. The number of methoxy groups -OCH3 is 1. The number of pyridine rings is 1. The average Bonchev–Trinajstić information content (AvgIpc) is 2.71. The summed E-state index contributed by atoms with van der Waals surface area (Å²) in [5.74, 6) is 0.755. The normalized spacial score (nSPS) is 10.8. The molecule has 0 spiro atoms. The van der Waals surface area contributed by atoms with Crippen molar-refractivity contribution in [1.29, 1.82) is 0 Å². The second kappa shape index (κ2) is 10.7. The molecule has 0 radical (unpaired) electrons. The number of nitrogens with zero attached hydrogens (tertiary/aromatic N) is 2. The standard InChI is InChI=1S/C22H30N2O4/c1-6-24(20-10-11-23-15-19(20)22(25)26-5)17-8-9-18(16(3)4)21(14-17)28-13-12-27-7-2/h8-11,14-16H,6-7,12-13H2,1-5H3. The monoisotopic (exact) mass is 386 g/mol. The molecule has 0 bridgehead atoms. The third kappa shape index (κ3) is 5.23. The van der Waals surface area contributed by atoms with Gasteiger partial charge in [0.25, 0.3) is 0 Å². The number of hydrogen-bond acceptors (Lipinski definition) is 6. The second-order valence-electron chi connectivity index (χ2n) is 6.55. The Bertz CT molecular complexity index is 777. The molecule has 1 aromatic carbocycles. The molecule has 2 rings (SSSR count).